The van der Waals surface area contributed by atoms with Gasteiger partial charge in [-0.05, 0) is 62.4 Å². The lowest BCUT2D eigenvalue weighted by Gasteiger charge is -2.26. The second kappa shape index (κ2) is 7.72. The molecule has 1 aliphatic heterocycles. The third kappa shape index (κ3) is 4.10. The largest absolute Gasteiger partial charge is 0.468 e. The molecule has 7 heteroatoms. The van der Waals surface area contributed by atoms with E-state index < -0.39 is 11.6 Å². The van der Waals surface area contributed by atoms with Gasteiger partial charge in [-0.3, -0.25) is 4.90 Å². The first-order valence-electron chi connectivity index (χ1n) is 7.91. The lowest BCUT2D eigenvalue weighted by atomic mass is 10.2. The quantitative estimate of drug-likeness (QED) is 0.804. The van der Waals surface area contributed by atoms with E-state index in [9.17, 15) is 8.78 Å². The molecule has 1 fully saturated rings. The van der Waals surface area contributed by atoms with Gasteiger partial charge in [-0.25, -0.2) is 8.78 Å². The summed E-state index contributed by atoms with van der Waals surface area (Å²) in [6, 6.07) is 7.21. The van der Waals surface area contributed by atoms with Crippen molar-refractivity contribution in [2.24, 2.45) is 0 Å². The third-order valence-electron chi connectivity index (χ3n) is 4.09. The summed E-state index contributed by atoms with van der Waals surface area (Å²) in [5.41, 5.74) is 0.143. The molecule has 1 unspecified atom stereocenters. The lowest BCUT2D eigenvalue weighted by molar-refractivity contribution is 0.216. The second-order valence-corrected chi connectivity index (χ2v) is 6.14. The Balaban J connectivity index is 1.60. The number of furan rings is 1. The predicted molar refractivity (Wildman–Crippen MR) is 92.8 cm³/mol. The van der Waals surface area contributed by atoms with E-state index in [-0.39, 0.29) is 16.8 Å². The highest BCUT2D eigenvalue weighted by Gasteiger charge is 2.25. The summed E-state index contributed by atoms with van der Waals surface area (Å²) in [5.74, 6) is -0.426. The van der Waals surface area contributed by atoms with Crippen molar-refractivity contribution in [3.05, 3.63) is 54.0 Å². The van der Waals surface area contributed by atoms with Crippen molar-refractivity contribution in [2.45, 2.75) is 18.9 Å². The van der Waals surface area contributed by atoms with Crippen LogP contribution in [0.3, 0.4) is 0 Å². The summed E-state index contributed by atoms with van der Waals surface area (Å²) < 4.78 is 32.1. The number of thiocarbonyl (C=S) groups is 1. The Kier molecular flexibility index (Phi) is 5.42. The molecule has 4 nitrogen and oxygen atoms in total. The van der Waals surface area contributed by atoms with Crippen LogP contribution in [0.25, 0.3) is 0 Å². The lowest BCUT2D eigenvalue weighted by Crippen LogP contribution is -2.38. The summed E-state index contributed by atoms with van der Waals surface area (Å²) >= 11 is 5.22. The van der Waals surface area contributed by atoms with Crippen LogP contribution >= 0.6 is 12.2 Å². The average Bonchev–Trinajstić information content (AvgIpc) is 3.24. The number of nitrogens with one attached hydrogen (secondary N) is 2. The summed E-state index contributed by atoms with van der Waals surface area (Å²) in [6.45, 7) is 2.57. The highest BCUT2D eigenvalue weighted by molar-refractivity contribution is 7.80. The molecule has 1 aromatic carbocycles. The monoisotopic (exact) mass is 351 g/mol. The van der Waals surface area contributed by atoms with E-state index in [4.69, 9.17) is 16.6 Å². The molecule has 1 aromatic heterocycles. The number of rotatable bonds is 5. The van der Waals surface area contributed by atoms with E-state index in [0.717, 1.165) is 24.9 Å². The van der Waals surface area contributed by atoms with Gasteiger partial charge in [0.05, 0.1) is 18.0 Å². The number of benzene rings is 1. The Morgan fingerprint density at radius 3 is 2.71 bits per heavy atom. The molecule has 1 saturated heterocycles. The first-order valence-corrected chi connectivity index (χ1v) is 8.31. The third-order valence-corrected chi connectivity index (χ3v) is 4.33. The van der Waals surface area contributed by atoms with Crippen molar-refractivity contribution in [1.29, 1.82) is 0 Å². The summed E-state index contributed by atoms with van der Waals surface area (Å²) in [6.07, 6.45) is 3.99. The van der Waals surface area contributed by atoms with Gasteiger partial charge in [0, 0.05) is 12.6 Å². The summed E-state index contributed by atoms with van der Waals surface area (Å²) in [4.78, 5) is 2.34. The predicted octanol–water partition coefficient (Wildman–Crippen LogP) is 3.68. The molecule has 24 heavy (non-hydrogen) atoms. The van der Waals surface area contributed by atoms with E-state index in [1.165, 1.54) is 25.0 Å². The normalized spacial score (nSPS) is 16.1. The number of nitrogens with zero attached hydrogens (tertiary/aromatic N) is 1. The molecule has 0 bridgehead atoms. The maximum absolute atomic E-state index is 13.7. The van der Waals surface area contributed by atoms with Crippen LogP contribution in [0.5, 0.6) is 0 Å². The van der Waals surface area contributed by atoms with Crippen molar-refractivity contribution in [3.8, 4) is 0 Å². The van der Waals surface area contributed by atoms with E-state index >= 15 is 0 Å². The zero-order valence-electron chi connectivity index (χ0n) is 13.1. The van der Waals surface area contributed by atoms with Gasteiger partial charge < -0.3 is 15.1 Å². The van der Waals surface area contributed by atoms with Crippen LogP contribution in [0.1, 0.15) is 24.6 Å². The van der Waals surface area contributed by atoms with Crippen LogP contribution in [0, 0.1) is 11.6 Å². The van der Waals surface area contributed by atoms with Crippen LogP contribution < -0.4 is 10.6 Å². The topological polar surface area (TPSA) is 40.4 Å². The summed E-state index contributed by atoms with van der Waals surface area (Å²) in [7, 11) is 0. The minimum atomic E-state index is -0.679. The van der Waals surface area contributed by atoms with Crippen molar-refractivity contribution in [3.63, 3.8) is 0 Å². The van der Waals surface area contributed by atoms with Gasteiger partial charge in [0.25, 0.3) is 0 Å². The molecular weight excluding hydrogens is 332 g/mol. The number of hydrogen-bond donors (Lipinski definition) is 2. The summed E-state index contributed by atoms with van der Waals surface area (Å²) in [5, 5.41) is 6.14. The molecular formula is C17H19F2N3OS. The maximum Gasteiger partial charge on any atom is 0.170 e. The second-order valence-electron chi connectivity index (χ2n) is 5.73. The minimum absolute atomic E-state index is 0.0697. The number of anilines is 1. The van der Waals surface area contributed by atoms with Gasteiger partial charge in [0.15, 0.2) is 5.11 Å². The number of halogens is 2. The van der Waals surface area contributed by atoms with E-state index in [2.05, 4.69) is 15.5 Å². The van der Waals surface area contributed by atoms with Crippen LogP contribution in [-0.2, 0) is 0 Å². The smallest absolute Gasteiger partial charge is 0.170 e. The Bertz CT molecular complexity index is 687. The van der Waals surface area contributed by atoms with Gasteiger partial charge in [-0.2, -0.15) is 0 Å². The molecule has 1 atom stereocenters. The van der Waals surface area contributed by atoms with Gasteiger partial charge in [0.2, 0.25) is 0 Å². The highest BCUT2D eigenvalue weighted by atomic mass is 32.1. The van der Waals surface area contributed by atoms with Gasteiger partial charge >= 0.3 is 0 Å². The fraction of sp³-hybridized carbons (Fsp3) is 0.353. The van der Waals surface area contributed by atoms with Crippen molar-refractivity contribution < 1.29 is 13.2 Å². The maximum atomic E-state index is 13.7. The van der Waals surface area contributed by atoms with Gasteiger partial charge in [-0.15, -0.1) is 0 Å². The standard InChI is InChI=1S/C17H19F2N3OS/c18-12-5-6-14(13(19)10-12)21-17(24)20-11-15(16-4-3-9-23-16)22-7-1-2-8-22/h3-6,9-10,15H,1-2,7-8,11H2,(H2,20,21,24). The van der Waals surface area contributed by atoms with Crippen LogP contribution in [0.2, 0.25) is 0 Å². The van der Waals surface area contributed by atoms with Crippen molar-refractivity contribution in [1.82, 2.24) is 10.2 Å². The zero-order valence-corrected chi connectivity index (χ0v) is 13.9. The Morgan fingerprint density at radius 1 is 1.25 bits per heavy atom. The minimum Gasteiger partial charge on any atom is -0.468 e. The number of likely N-dealkylation sites (tertiary alicyclic amines) is 1. The SMILES string of the molecule is Fc1ccc(NC(=S)NCC(c2ccco2)N2CCCC2)c(F)c1. The average molecular weight is 351 g/mol. The van der Waals surface area contributed by atoms with Crippen LogP contribution in [0.4, 0.5) is 14.5 Å². The molecule has 3 rings (SSSR count). The fourth-order valence-electron chi connectivity index (χ4n) is 2.89. The Morgan fingerprint density at radius 2 is 2.04 bits per heavy atom. The first-order chi connectivity index (χ1) is 11.6. The Hall–Kier alpha value is -1.99. The molecule has 0 spiro atoms. The van der Waals surface area contributed by atoms with E-state index in [0.29, 0.717) is 6.54 Å². The molecule has 2 heterocycles. The van der Waals surface area contributed by atoms with Crippen molar-refractivity contribution >= 4 is 23.0 Å². The molecule has 128 valence electrons. The molecule has 0 aliphatic carbocycles. The highest BCUT2D eigenvalue weighted by Crippen LogP contribution is 2.25. The fourth-order valence-corrected chi connectivity index (χ4v) is 3.08. The van der Waals surface area contributed by atoms with E-state index in [1.807, 2.05) is 12.1 Å². The van der Waals surface area contributed by atoms with E-state index in [1.54, 1.807) is 6.26 Å². The Labute approximate surface area is 144 Å². The molecule has 0 radical (unpaired) electrons. The molecule has 2 aromatic rings. The zero-order chi connectivity index (χ0) is 16.9. The molecule has 1 aliphatic rings. The van der Waals surface area contributed by atoms with Crippen LogP contribution in [0.15, 0.2) is 41.0 Å². The molecule has 2 N–H and O–H groups in total. The van der Waals surface area contributed by atoms with Gasteiger partial charge in [-0.1, -0.05) is 0 Å². The van der Waals surface area contributed by atoms with Crippen molar-refractivity contribution in [2.75, 3.05) is 25.0 Å². The van der Waals surface area contributed by atoms with Crippen LogP contribution in [-0.4, -0.2) is 29.6 Å². The first kappa shape index (κ1) is 16.9. The number of hydrogen-bond acceptors (Lipinski definition) is 3. The molecule has 0 saturated carbocycles. The van der Waals surface area contributed by atoms with Gasteiger partial charge in [0.1, 0.15) is 17.4 Å². The molecule has 0 amide bonds.